The quantitative estimate of drug-likeness (QED) is 0.903. The molecule has 1 aromatic rings. The molecule has 0 aromatic carbocycles. The van der Waals surface area contributed by atoms with E-state index in [0.29, 0.717) is 17.6 Å². The van der Waals surface area contributed by atoms with Crippen LogP contribution in [-0.4, -0.2) is 31.2 Å². The molecule has 19 heavy (non-hydrogen) atoms. The molecule has 2 rings (SSSR count). The summed E-state index contributed by atoms with van der Waals surface area (Å²) < 4.78 is 0. The van der Waals surface area contributed by atoms with Gasteiger partial charge in [0.1, 0.15) is 11.9 Å². The van der Waals surface area contributed by atoms with Gasteiger partial charge in [0.05, 0.1) is 5.56 Å². The average molecular weight is 258 g/mol. The van der Waals surface area contributed by atoms with Crippen LogP contribution in [0.1, 0.15) is 36.9 Å². The first-order valence-electron chi connectivity index (χ1n) is 6.93. The number of hydrogen-bond acceptors (Lipinski definition) is 4. The normalized spacial score (nSPS) is 22.8. The lowest BCUT2D eigenvalue weighted by molar-refractivity contribution is 0.350. The predicted molar refractivity (Wildman–Crippen MR) is 77.2 cm³/mol. The van der Waals surface area contributed by atoms with E-state index in [9.17, 15) is 5.26 Å². The minimum absolute atomic E-state index is 0.492. The number of aryl methyl sites for hydroxylation is 1. The maximum Gasteiger partial charge on any atom is 0.146 e. The van der Waals surface area contributed by atoms with E-state index < -0.39 is 0 Å². The molecule has 4 nitrogen and oxygen atoms in total. The average Bonchev–Trinajstić information content (AvgIpc) is 2.46. The zero-order valence-corrected chi connectivity index (χ0v) is 12.0. The Morgan fingerprint density at radius 3 is 2.58 bits per heavy atom. The van der Waals surface area contributed by atoms with Gasteiger partial charge in [-0.3, -0.25) is 0 Å². The molecule has 1 aliphatic carbocycles. The number of nitriles is 1. The highest BCUT2D eigenvalue weighted by Crippen LogP contribution is 2.27. The fourth-order valence-corrected chi connectivity index (χ4v) is 2.82. The van der Waals surface area contributed by atoms with Crippen LogP contribution in [0.3, 0.4) is 0 Å². The summed E-state index contributed by atoms with van der Waals surface area (Å²) in [6, 6.07) is 7.15. The lowest BCUT2D eigenvalue weighted by Crippen LogP contribution is -2.40. The highest BCUT2D eigenvalue weighted by atomic mass is 15.2. The van der Waals surface area contributed by atoms with Gasteiger partial charge in [-0.1, -0.05) is 0 Å². The SMILES string of the molecule is CNC1CCC(N(C)c2nc(C)ccc2C#N)CC1. The van der Waals surface area contributed by atoms with Crippen molar-refractivity contribution < 1.29 is 0 Å². The molecule has 1 heterocycles. The molecule has 0 radical (unpaired) electrons. The Kier molecular flexibility index (Phi) is 4.39. The third-order valence-electron chi connectivity index (χ3n) is 4.12. The van der Waals surface area contributed by atoms with E-state index in [1.165, 1.54) is 12.8 Å². The van der Waals surface area contributed by atoms with Crippen LogP contribution in [0.25, 0.3) is 0 Å². The van der Waals surface area contributed by atoms with Gasteiger partial charge in [0, 0.05) is 24.8 Å². The maximum atomic E-state index is 9.21. The lowest BCUT2D eigenvalue weighted by Gasteiger charge is -2.35. The molecular weight excluding hydrogens is 236 g/mol. The molecule has 0 unspecified atom stereocenters. The molecular formula is C15H22N4. The Balaban J connectivity index is 2.14. The molecule has 0 atom stereocenters. The van der Waals surface area contributed by atoms with Gasteiger partial charge >= 0.3 is 0 Å². The molecule has 4 heteroatoms. The van der Waals surface area contributed by atoms with E-state index in [2.05, 4.69) is 28.3 Å². The summed E-state index contributed by atoms with van der Waals surface area (Å²) in [5, 5.41) is 12.6. The summed E-state index contributed by atoms with van der Waals surface area (Å²) in [6.07, 6.45) is 4.70. The third kappa shape index (κ3) is 3.05. The summed E-state index contributed by atoms with van der Waals surface area (Å²) in [5.74, 6) is 0.829. The van der Waals surface area contributed by atoms with Crippen LogP contribution >= 0.6 is 0 Å². The van der Waals surface area contributed by atoms with Gasteiger partial charge in [-0.15, -0.1) is 0 Å². The zero-order valence-electron chi connectivity index (χ0n) is 12.0. The number of anilines is 1. The van der Waals surface area contributed by atoms with Gasteiger partial charge in [0.15, 0.2) is 0 Å². The maximum absolute atomic E-state index is 9.21. The van der Waals surface area contributed by atoms with Crippen molar-refractivity contribution in [2.45, 2.75) is 44.7 Å². The van der Waals surface area contributed by atoms with Crippen LogP contribution in [0.4, 0.5) is 5.82 Å². The summed E-state index contributed by atoms with van der Waals surface area (Å²) in [6.45, 7) is 1.97. The molecule has 102 valence electrons. The second kappa shape index (κ2) is 6.03. The Morgan fingerprint density at radius 1 is 1.32 bits per heavy atom. The second-order valence-electron chi connectivity index (χ2n) is 5.34. The number of nitrogens with one attached hydrogen (secondary N) is 1. The zero-order chi connectivity index (χ0) is 13.8. The highest BCUT2D eigenvalue weighted by molar-refractivity contribution is 5.54. The van der Waals surface area contributed by atoms with Crippen molar-refractivity contribution in [1.82, 2.24) is 10.3 Å². The molecule has 1 aliphatic rings. The summed E-state index contributed by atoms with van der Waals surface area (Å²) in [4.78, 5) is 6.74. The Hall–Kier alpha value is -1.60. The number of rotatable bonds is 3. The van der Waals surface area contributed by atoms with Crippen molar-refractivity contribution in [2.24, 2.45) is 0 Å². The van der Waals surface area contributed by atoms with Crippen molar-refractivity contribution >= 4 is 5.82 Å². The van der Waals surface area contributed by atoms with E-state index in [4.69, 9.17) is 0 Å². The van der Waals surface area contributed by atoms with Crippen molar-refractivity contribution in [3.8, 4) is 6.07 Å². The van der Waals surface area contributed by atoms with E-state index in [0.717, 1.165) is 24.4 Å². The van der Waals surface area contributed by atoms with Crippen LogP contribution in [-0.2, 0) is 0 Å². The molecule has 0 amide bonds. The molecule has 1 fully saturated rings. The van der Waals surface area contributed by atoms with E-state index in [1.807, 2.05) is 26.1 Å². The van der Waals surface area contributed by atoms with Crippen molar-refractivity contribution in [2.75, 3.05) is 19.0 Å². The summed E-state index contributed by atoms with van der Waals surface area (Å²) in [7, 11) is 4.09. The highest BCUT2D eigenvalue weighted by Gasteiger charge is 2.25. The molecule has 0 aliphatic heterocycles. The van der Waals surface area contributed by atoms with Crippen molar-refractivity contribution in [3.05, 3.63) is 23.4 Å². The smallest absolute Gasteiger partial charge is 0.146 e. The first kappa shape index (κ1) is 13.8. The standard InChI is InChI=1S/C15H22N4/c1-11-4-5-12(10-16)15(18-11)19(3)14-8-6-13(17-2)7-9-14/h4-5,13-14,17H,6-9H2,1-3H3. The second-order valence-corrected chi connectivity index (χ2v) is 5.34. The fourth-order valence-electron chi connectivity index (χ4n) is 2.82. The number of pyridine rings is 1. The Bertz CT molecular complexity index is 470. The first-order valence-corrected chi connectivity index (χ1v) is 6.93. The van der Waals surface area contributed by atoms with Gasteiger partial charge < -0.3 is 10.2 Å². The Morgan fingerprint density at radius 2 is 2.00 bits per heavy atom. The van der Waals surface area contributed by atoms with E-state index in [1.54, 1.807) is 0 Å². The molecule has 1 aromatic heterocycles. The Labute approximate surface area is 115 Å². The fraction of sp³-hybridized carbons (Fsp3) is 0.600. The van der Waals surface area contributed by atoms with Gasteiger partial charge in [-0.05, 0) is 51.8 Å². The molecule has 1 saturated carbocycles. The minimum Gasteiger partial charge on any atom is -0.356 e. The molecule has 0 saturated heterocycles. The first-order chi connectivity index (χ1) is 9.15. The molecule has 0 spiro atoms. The van der Waals surface area contributed by atoms with Gasteiger partial charge in [0.2, 0.25) is 0 Å². The van der Waals surface area contributed by atoms with Crippen LogP contribution in [0, 0.1) is 18.3 Å². The predicted octanol–water partition coefficient (Wildman–Crippen LogP) is 2.23. The third-order valence-corrected chi connectivity index (χ3v) is 4.12. The van der Waals surface area contributed by atoms with Crippen LogP contribution in [0.5, 0.6) is 0 Å². The monoisotopic (exact) mass is 258 g/mol. The van der Waals surface area contributed by atoms with E-state index in [-0.39, 0.29) is 0 Å². The number of nitrogens with zero attached hydrogens (tertiary/aromatic N) is 3. The topological polar surface area (TPSA) is 52.0 Å². The number of aromatic nitrogens is 1. The van der Waals surface area contributed by atoms with Gasteiger partial charge in [-0.2, -0.15) is 5.26 Å². The van der Waals surface area contributed by atoms with Crippen LogP contribution in [0.2, 0.25) is 0 Å². The lowest BCUT2D eigenvalue weighted by atomic mass is 9.90. The van der Waals surface area contributed by atoms with Crippen LogP contribution in [0.15, 0.2) is 12.1 Å². The summed E-state index contributed by atoms with van der Waals surface area (Å²) in [5.41, 5.74) is 1.63. The van der Waals surface area contributed by atoms with E-state index >= 15 is 0 Å². The van der Waals surface area contributed by atoms with Crippen LogP contribution < -0.4 is 10.2 Å². The van der Waals surface area contributed by atoms with Gasteiger partial charge in [0.25, 0.3) is 0 Å². The van der Waals surface area contributed by atoms with Crippen molar-refractivity contribution in [1.29, 1.82) is 5.26 Å². The minimum atomic E-state index is 0.492. The number of hydrogen-bond donors (Lipinski definition) is 1. The molecule has 0 bridgehead atoms. The summed E-state index contributed by atoms with van der Waals surface area (Å²) >= 11 is 0. The largest absolute Gasteiger partial charge is 0.356 e. The van der Waals surface area contributed by atoms with Gasteiger partial charge in [-0.25, -0.2) is 4.98 Å². The van der Waals surface area contributed by atoms with Crippen molar-refractivity contribution in [3.63, 3.8) is 0 Å². The molecule has 1 N–H and O–H groups in total.